The molecule has 0 atom stereocenters. The SMILES string of the molecule is O=C(COC(=O)c1ccc2ccccc2c1)Nc1ccc(Oc2ccccc2)cc1. The van der Waals surface area contributed by atoms with Gasteiger partial charge in [-0.15, -0.1) is 0 Å². The van der Waals surface area contributed by atoms with Gasteiger partial charge in [-0.25, -0.2) is 4.79 Å². The third-order valence-corrected chi connectivity index (χ3v) is 4.44. The first kappa shape index (κ1) is 19.2. The fraction of sp³-hybridized carbons (Fsp3) is 0.0400. The largest absolute Gasteiger partial charge is 0.457 e. The molecule has 0 saturated carbocycles. The molecule has 0 fully saturated rings. The maximum atomic E-state index is 12.2. The number of fused-ring (bicyclic) bond motifs is 1. The number of carbonyl (C=O) groups excluding carboxylic acids is 2. The third-order valence-electron chi connectivity index (χ3n) is 4.44. The van der Waals surface area contributed by atoms with Crippen LogP contribution in [0.2, 0.25) is 0 Å². The van der Waals surface area contributed by atoms with Crippen molar-refractivity contribution >= 4 is 28.3 Å². The van der Waals surface area contributed by atoms with E-state index in [1.807, 2.05) is 60.7 Å². The molecule has 0 radical (unpaired) electrons. The number of ether oxygens (including phenoxy) is 2. The van der Waals surface area contributed by atoms with Gasteiger partial charge in [0.25, 0.3) is 5.91 Å². The topological polar surface area (TPSA) is 64.6 Å². The van der Waals surface area contributed by atoms with Gasteiger partial charge in [0.15, 0.2) is 6.61 Å². The average Bonchev–Trinajstić information content (AvgIpc) is 2.79. The molecule has 30 heavy (non-hydrogen) atoms. The van der Waals surface area contributed by atoms with Gasteiger partial charge in [-0.3, -0.25) is 4.79 Å². The number of nitrogens with one attached hydrogen (secondary N) is 1. The number of hydrogen-bond acceptors (Lipinski definition) is 4. The fourth-order valence-electron chi connectivity index (χ4n) is 2.96. The van der Waals surface area contributed by atoms with Crippen LogP contribution in [0.25, 0.3) is 10.8 Å². The van der Waals surface area contributed by atoms with E-state index in [9.17, 15) is 9.59 Å². The Balaban J connectivity index is 1.30. The number of carbonyl (C=O) groups is 2. The smallest absolute Gasteiger partial charge is 0.338 e. The first-order valence-electron chi connectivity index (χ1n) is 9.46. The molecule has 0 heterocycles. The van der Waals surface area contributed by atoms with E-state index < -0.39 is 11.9 Å². The van der Waals surface area contributed by atoms with Crippen molar-refractivity contribution in [3.63, 3.8) is 0 Å². The van der Waals surface area contributed by atoms with Crippen molar-refractivity contribution < 1.29 is 19.1 Å². The summed E-state index contributed by atoms with van der Waals surface area (Å²) in [4.78, 5) is 24.4. The highest BCUT2D eigenvalue weighted by Crippen LogP contribution is 2.22. The number of amides is 1. The van der Waals surface area contributed by atoms with Crippen LogP contribution in [0, 0.1) is 0 Å². The van der Waals surface area contributed by atoms with Crippen molar-refractivity contribution in [2.45, 2.75) is 0 Å². The van der Waals surface area contributed by atoms with Crippen LogP contribution in [0.3, 0.4) is 0 Å². The first-order chi connectivity index (χ1) is 14.7. The second-order valence-corrected chi connectivity index (χ2v) is 6.63. The van der Waals surface area contributed by atoms with Crippen LogP contribution in [-0.4, -0.2) is 18.5 Å². The lowest BCUT2D eigenvalue weighted by molar-refractivity contribution is -0.119. The van der Waals surface area contributed by atoms with Crippen LogP contribution < -0.4 is 10.1 Å². The summed E-state index contributed by atoms with van der Waals surface area (Å²) in [6, 6.07) is 29.4. The van der Waals surface area contributed by atoms with Gasteiger partial charge in [-0.2, -0.15) is 0 Å². The van der Waals surface area contributed by atoms with Crippen LogP contribution in [0.15, 0.2) is 97.1 Å². The van der Waals surface area contributed by atoms with Gasteiger partial charge in [0, 0.05) is 5.69 Å². The Labute approximate surface area is 173 Å². The van der Waals surface area contributed by atoms with E-state index in [-0.39, 0.29) is 6.61 Å². The highest BCUT2D eigenvalue weighted by molar-refractivity contribution is 5.98. The zero-order chi connectivity index (χ0) is 20.8. The maximum absolute atomic E-state index is 12.2. The van der Waals surface area contributed by atoms with Crippen molar-refractivity contribution in [2.24, 2.45) is 0 Å². The summed E-state index contributed by atoms with van der Waals surface area (Å²) in [5.74, 6) is 0.431. The molecule has 5 heteroatoms. The van der Waals surface area contributed by atoms with Crippen molar-refractivity contribution in [3.05, 3.63) is 103 Å². The number of esters is 1. The van der Waals surface area contributed by atoms with E-state index in [4.69, 9.17) is 9.47 Å². The van der Waals surface area contributed by atoms with Gasteiger partial charge in [0.1, 0.15) is 11.5 Å². The maximum Gasteiger partial charge on any atom is 0.338 e. The summed E-state index contributed by atoms with van der Waals surface area (Å²) in [6.45, 7) is -0.367. The molecule has 4 rings (SSSR count). The monoisotopic (exact) mass is 397 g/mol. The average molecular weight is 397 g/mol. The molecular weight excluding hydrogens is 378 g/mol. The summed E-state index contributed by atoms with van der Waals surface area (Å²) in [6.07, 6.45) is 0. The molecule has 0 saturated heterocycles. The van der Waals surface area contributed by atoms with Crippen LogP contribution in [0.5, 0.6) is 11.5 Å². The van der Waals surface area contributed by atoms with Crippen molar-refractivity contribution in [1.82, 2.24) is 0 Å². The summed E-state index contributed by atoms with van der Waals surface area (Å²) in [5.41, 5.74) is 0.992. The Kier molecular flexibility index (Phi) is 5.71. The summed E-state index contributed by atoms with van der Waals surface area (Å²) < 4.78 is 10.9. The van der Waals surface area contributed by atoms with E-state index in [2.05, 4.69) is 5.32 Å². The summed E-state index contributed by atoms with van der Waals surface area (Å²) >= 11 is 0. The number of para-hydroxylation sites is 1. The van der Waals surface area contributed by atoms with Crippen molar-refractivity contribution in [1.29, 1.82) is 0 Å². The van der Waals surface area contributed by atoms with Crippen LogP contribution in [0.1, 0.15) is 10.4 Å². The van der Waals surface area contributed by atoms with Gasteiger partial charge >= 0.3 is 5.97 Å². The molecule has 0 spiro atoms. The minimum atomic E-state index is -0.539. The molecule has 5 nitrogen and oxygen atoms in total. The number of benzene rings is 4. The van der Waals surface area contributed by atoms with E-state index in [0.29, 0.717) is 17.0 Å². The quantitative estimate of drug-likeness (QED) is 0.441. The lowest BCUT2D eigenvalue weighted by Gasteiger charge is -2.09. The van der Waals surface area contributed by atoms with Gasteiger partial charge in [-0.1, -0.05) is 48.5 Å². The molecular formula is C25H19NO4. The molecule has 0 aromatic heterocycles. The van der Waals surface area contributed by atoms with Crippen LogP contribution in [-0.2, 0) is 9.53 Å². The fourth-order valence-corrected chi connectivity index (χ4v) is 2.96. The van der Waals surface area contributed by atoms with E-state index in [1.54, 1.807) is 36.4 Å². The summed E-state index contributed by atoms with van der Waals surface area (Å²) in [5, 5.41) is 4.67. The molecule has 0 unspecified atom stereocenters. The highest BCUT2D eigenvalue weighted by atomic mass is 16.5. The molecule has 0 aliphatic heterocycles. The highest BCUT2D eigenvalue weighted by Gasteiger charge is 2.11. The second kappa shape index (κ2) is 8.92. The number of rotatable bonds is 6. The van der Waals surface area contributed by atoms with Crippen LogP contribution in [0.4, 0.5) is 5.69 Å². The zero-order valence-corrected chi connectivity index (χ0v) is 16.1. The normalized spacial score (nSPS) is 10.4. The number of anilines is 1. The molecule has 1 N–H and O–H groups in total. The van der Waals surface area contributed by atoms with Gasteiger partial charge in [0.05, 0.1) is 5.56 Å². The Morgan fingerprint density at radius 2 is 1.37 bits per heavy atom. The molecule has 4 aromatic rings. The Hall–Kier alpha value is -4.12. The minimum Gasteiger partial charge on any atom is -0.457 e. The molecule has 0 aliphatic rings. The first-order valence-corrected chi connectivity index (χ1v) is 9.46. The third kappa shape index (κ3) is 4.83. The lowest BCUT2D eigenvalue weighted by atomic mass is 10.1. The lowest BCUT2D eigenvalue weighted by Crippen LogP contribution is -2.20. The molecule has 4 aromatic carbocycles. The second-order valence-electron chi connectivity index (χ2n) is 6.63. The van der Waals surface area contributed by atoms with E-state index in [0.717, 1.165) is 16.5 Å². The van der Waals surface area contributed by atoms with Gasteiger partial charge in [-0.05, 0) is 59.3 Å². The minimum absolute atomic E-state index is 0.367. The van der Waals surface area contributed by atoms with E-state index in [1.165, 1.54) is 0 Å². The van der Waals surface area contributed by atoms with E-state index >= 15 is 0 Å². The standard InChI is InChI=1S/C25H19NO4/c27-24(17-29-25(28)20-11-10-18-6-4-5-7-19(18)16-20)26-21-12-14-23(15-13-21)30-22-8-2-1-3-9-22/h1-16H,17H2,(H,26,27). The van der Waals surface area contributed by atoms with Crippen molar-refractivity contribution in [2.75, 3.05) is 11.9 Å². The zero-order valence-electron chi connectivity index (χ0n) is 16.1. The molecule has 0 aliphatic carbocycles. The van der Waals surface area contributed by atoms with Crippen molar-refractivity contribution in [3.8, 4) is 11.5 Å². The number of hydrogen-bond donors (Lipinski definition) is 1. The Morgan fingerprint density at radius 3 is 2.13 bits per heavy atom. The molecule has 148 valence electrons. The predicted molar refractivity (Wildman–Crippen MR) is 116 cm³/mol. The predicted octanol–water partition coefficient (Wildman–Crippen LogP) is 5.43. The van der Waals surface area contributed by atoms with Crippen LogP contribution >= 0.6 is 0 Å². The molecule has 1 amide bonds. The Morgan fingerprint density at radius 1 is 0.700 bits per heavy atom. The summed E-state index contributed by atoms with van der Waals surface area (Å²) in [7, 11) is 0. The Bertz CT molecular complexity index is 1170. The molecule has 0 bridgehead atoms. The van der Waals surface area contributed by atoms with Gasteiger partial charge in [0.2, 0.25) is 0 Å². The van der Waals surface area contributed by atoms with Gasteiger partial charge < -0.3 is 14.8 Å².